The van der Waals surface area contributed by atoms with Gasteiger partial charge in [-0.2, -0.15) is 10.1 Å². The fourth-order valence-electron chi connectivity index (χ4n) is 3.11. The lowest BCUT2D eigenvalue weighted by atomic mass is 10.1. The number of aromatic nitrogens is 5. The minimum atomic E-state index is -1.04. The van der Waals surface area contributed by atoms with Crippen LogP contribution in [-0.4, -0.2) is 50.2 Å². The van der Waals surface area contributed by atoms with Gasteiger partial charge < -0.3 is 10.1 Å². The molecule has 4 rings (SSSR count). The number of alkyl halides is 1. The topological polar surface area (TPSA) is 80.1 Å². The summed E-state index contributed by atoms with van der Waals surface area (Å²) in [7, 11) is 0. The van der Waals surface area contributed by atoms with Crippen molar-refractivity contribution in [3.05, 3.63) is 29.7 Å². The van der Waals surface area contributed by atoms with Gasteiger partial charge in [0.1, 0.15) is 6.17 Å². The highest BCUT2D eigenvalue weighted by Crippen LogP contribution is 2.26. The van der Waals surface area contributed by atoms with Crippen molar-refractivity contribution in [3.63, 3.8) is 0 Å². The Hall–Kier alpha value is -2.48. The average Bonchev–Trinajstić information content (AvgIpc) is 3.11. The minimum Gasteiger partial charge on any atom is -0.378 e. The summed E-state index contributed by atoms with van der Waals surface area (Å²) in [5, 5.41) is 14.7. The first-order chi connectivity index (χ1) is 11.6. The van der Waals surface area contributed by atoms with E-state index in [4.69, 9.17) is 4.74 Å². The lowest BCUT2D eigenvalue weighted by Gasteiger charge is -2.26. The van der Waals surface area contributed by atoms with Gasteiger partial charge in [-0.1, -0.05) is 0 Å². The Balaban J connectivity index is 1.64. The highest BCUT2D eigenvalue weighted by Gasteiger charge is 2.26. The number of hydrogen-bond acceptors (Lipinski definition) is 5. The fraction of sp³-hybridized carbons (Fsp3) is 0.438. The van der Waals surface area contributed by atoms with Crippen LogP contribution in [0.5, 0.6) is 0 Å². The quantitative estimate of drug-likeness (QED) is 0.770. The molecule has 3 aromatic heterocycles. The van der Waals surface area contributed by atoms with Crippen LogP contribution >= 0.6 is 0 Å². The lowest BCUT2D eigenvalue weighted by Crippen LogP contribution is -2.39. The summed E-state index contributed by atoms with van der Waals surface area (Å²) in [5.41, 5.74) is 4.76. The van der Waals surface area contributed by atoms with E-state index in [1.807, 2.05) is 32.2 Å². The molecule has 0 unspecified atom stereocenters. The van der Waals surface area contributed by atoms with E-state index in [0.717, 1.165) is 22.5 Å². The second-order valence-electron chi connectivity index (χ2n) is 6.09. The number of pyridine rings is 1. The Bertz CT molecular complexity index is 853. The molecule has 0 aliphatic carbocycles. The number of aryl methyl sites for hydroxylation is 2. The Morgan fingerprint density at radius 2 is 2.29 bits per heavy atom. The molecule has 4 heterocycles. The molecule has 3 aromatic rings. The Morgan fingerprint density at radius 3 is 3.04 bits per heavy atom. The summed E-state index contributed by atoms with van der Waals surface area (Å²) in [6.07, 6.45) is 1.42. The monoisotopic (exact) mass is 330 g/mol. The van der Waals surface area contributed by atoms with Crippen LogP contribution in [-0.2, 0) is 4.74 Å². The molecule has 2 atom stereocenters. The zero-order valence-corrected chi connectivity index (χ0v) is 13.6. The molecule has 2 N–H and O–H groups in total. The van der Waals surface area contributed by atoms with Crippen LogP contribution in [0.1, 0.15) is 17.8 Å². The normalized spacial score (nSPS) is 21.3. The van der Waals surface area contributed by atoms with E-state index in [-0.39, 0.29) is 12.6 Å². The predicted octanol–water partition coefficient (Wildman–Crippen LogP) is 2.28. The number of aromatic amines is 1. The van der Waals surface area contributed by atoms with E-state index >= 15 is 0 Å². The van der Waals surface area contributed by atoms with Crippen molar-refractivity contribution in [3.8, 4) is 11.1 Å². The van der Waals surface area contributed by atoms with Crippen LogP contribution in [0.3, 0.4) is 0 Å². The summed E-state index contributed by atoms with van der Waals surface area (Å²) in [4.78, 5) is 4.47. The number of fused-ring (bicyclic) bond motifs is 1. The molecule has 8 heteroatoms. The maximum atomic E-state index is 13.9. The molecule has 0 aromatic carbocycles. The molecular weight excluding hydrogens is 311 g/mol. The van der Waals surface area contributed by atoms with Crippen LogP contribution in [0.15, 0.2) is 18.3 Å². The van der Waals surface area contributed by atoms with Crippen LogP contribution in [0, 0.1) is 13.8 Å². The van der Waals surface area contributed by atoms with Gasteiger partial charge in [0.05, 0.1) is 18.3 Å². The molecule has 0 radical (unpaired) electrons. The van der Waals surface area contributed by atoms with Crippen molar-refractivity contribution in [2.24, 2.45) is 0 Å². The van der Waals surface area contributed by atoms with Crippen molar-refractivity contribution < 1.29 is 9.13 Å². The number of hydrogen-bond donors (Lipinski definition) is 2. The van der Waals surface area contributed by atoms with Crippen LogP contribution in [0.2, 0.25) is 0 Å². The van der Waals surface area contributed by atoms with Crippen LogP contribution in [0.25, 0.3) is 16.8 Å². The molecule has 0 spiro atoms. The van der Waals surface area contributed by atoms with Crippen LogP contribution < -0.4 is 5.32 Å². The number of ether oxygens (including phenoxy) is 1. The van der Waals surface area contributed by atoms with Gasteiger partial charge in [0.2, 0.25) is 5.95 Å². The molecule has 0 bridgehead atoms. The zero-order valence-electron chi connectivity index (χ0n) is 13.6. The second kappa shape index (κ2) is 5.86. The van der Waals surface area contributed by atoms with E-state index in [2.05, 4.69) is 25.6 Å². The third kappa shape index (κ3) is 2.62. The summed E-state index contributed by atoms with van der Waals surface area (Å²) < 4.78 is 20.7. The molecular formula is C16H19FN6O. The summed E-state index contributed by atoms with van der Waals surface area (Å²) in [5.74, 6) is 0.433. The molecule has 126 valence electrons. The largest absolute Gasteiger partial charge is 0.378 e. The standard InChI is InChI=1S/C16H19FN6O/c1-9-15(10(2)21-20-9)11-3-5-23-14(7-11)19-16(22-23)18-13-4-6-24-8-12(13)17/h3,5,7,12-13H,4,6,8H2,1-2H3,(H,18,22)(H,20,21)/t12-,13+/m1/s1. The van der Waals surface area contributed by atoms with Crippen molar-refractivity contribution >= 4 is 11.6 Å². The van der Waals surface area contributed by atoms with E-state index in [1.165, 1.54) is 0 Å². The van der Waals surface area contributed by atoms with Gasteiger partial charge in [-0.05, 0) is 38.0 Å². The Labute approximate surface area is 138 Å². The predicted molar refractivity (Wildman–Crippen MR) is 87.8 cm³/mol. The number of rotatable bonds is 3. The number of H-pyrrole nitrogens is 1. The SMILES string of the molecule is Cc1n[nH]c(C)c1-c1ccn2nc(N[C@H]3CCOC[C@H]3F)nc2c1. The summed E-state index contributed by atoms with van der Waals surface area (Å²) >= 11 is 0. The number of nitrogens with one attached hydrogen (secondary N) is 2. The lowest BCUT2D eigenvalue weighted by molar-refractivity contribution is 0.0284. The van der Waals surface area contributed by atoms with Gasteiger partial charge in [-0.25, -0.2) is 8.91 Å². The third-order valence-corrected chi connectivity index (χ3v) is 4.36. The van der Waals surface area contributed by atoms with E-state index in [1.54, 1.807) is 4.52 Å². The van der Waals surface area contributed by atoms with Gasteiger partial charge in [0, 0.05) is 24.1 Å². The van der Waals surface area contributed by atoms with Crippen LogP contribution in [0.4, 0.5) is 10.3 Å². The van der Waals surface area contributed by atoms with E-state index in [9.17, 15) is 4.39 Å². The first kappa shape index (κ1) is 15.1. The summed E-state index contributed by atoms with van der Waals surface area (Å²) in [6.45, 7) is 4.62. The van der Waals surface area contributed by atoms with E-state index < -0.39 is 6.17 Å². The smallest absolute Gasteiger partial charge is 0.243 e. The zero-order chi connectivity index (χ0) is 16.7. The van der Waals surface area contributed by atoms with Gasteiger partial charge in [-0.15, -0.1) is 5.10 Å². The maximum Gasteiger partial charge on any atom is 0.243 e. The second-order valence-corrected chi connectivity index (χ2v) is 6.09. The van der Waals surface area contributed by atoms with Gasteiger partial charge in [-0.3, -0.25) is 5.10 Å². The molecule has 1 aliphatic rings. The average molecular weight is 330 g/mol. The van der Waals surface area contributed by atoms with Crippen molar-refractivity contribution in [2.45, 2.75) is 32.5 Å². The summed E-state index contributed by atoms with van der Waals surface area (Å²) in [6, 6.07) is 3.62. The molecule has 24 heavy (non-hydrogen) atoms. The van der Waals surface area contributed by atoms with Gasteiger partial charge in [0.25, 0.3) is 0 Å². The highest BCUT2D eigenvalue weighted by molar-refractivity contribution is 5.71. The first-order valence-corrected chi connectivity index (χ1v) is 7.98. The van der Waals surface area contributed by atoms with Crippen molar-refractivity contribution in [1.29, 1.82) is 0 Å². The minimum absolute atomic E-state index is 0.119. The van der Waals surface area contributed by atoms with E-state index in [0.29, 0.717) is 24.6 Å². The fourth-order valence-corrected chi connectivity index (χ4v) is 3.11. The number of nitrogens with zero attached hydrogens (tertiary/aromatic N) is 4. The van der Waals surface area contributed by atoms with Gasteiger partial charge in [0.15, 0.2) is 5.65 Å². The molecule has 0 amide bonds. The maximum absolute atomic E-state index is 13.9. The number of halogens is 1. The number of anilines is 1. The first-order valence-electron chi connectivity index (χ1n) is 7.98. The highest BCUT2D eigenvalue weighted by atomic mass is 19.1. The Morgan fingerprint density at radius 1 is 1.42 bits per heavy atom. The molecule has 1 fully saturated rings. The molecule has 0 saturated carbocycles. The molecule has 1 saturated heterocycles. The molecule has 7 nitrogen and oxygen atoms in total. The van der Waals surface area contributed by atoms with Gasteiger partial charge >= 0.3 is 0 Å². The van der Waals surface area contributed by atoms with Crippen molar-refractivity contribution in [2.75, 3.05) is 18.5 Å². The molecule has 1 aliphatic heterocycles. The third-order valence-electron chi connectivity index (χ3n) is 4.36. The Kier molecular flexibility index (Phi) is 3.68. The van der Waals surface area contributed by atoms with Crippen molar-refractivity contribution in [1.82, 2.24) is 24.8 Å².